The molecule has 1 amide bonds. The third-order valence-corrected chi connectivity index (χ3v) is 3.88. The molecule has 2 aromatic rings. The predicted octanol–water partition coefficient (Wildman–Crippen LogP) is 3.10. The van der Waals surface area contributed by atoms with Crippen molar-refractivity contribution in [3.8, 4) is 0 Å². The molecule has 0 N–H and O–H groups in total. The molecule has 0 saturated carbocycles. The molecule has 3 rings (SSSR count). The first-order valence-electron chi connectivity index (χ1n) is 6.91. The van der Waals surface area contributed by atoms with E-state index in [2.05, 4.69) is 9.68 Å². The Morgan fingerprint density at radius 3 is 2.91 bits per heavy atom. The number of aromatic nitrogens is 2. The first-order valence-corrected chi connectivity index (χ1v) is 6.91. The zero-order chi connectivity index (χ0) is 15.9. The monoisotopic (exact) mass is 313 g/mol. The van der Waals surface area contributed by atoms with Gasteiger partial charge in [-0.3, -0.25) is 4.79 Å². The van der Waals surface area contributed by atoms with Crippen LogP contribution in [0, 0.1) is 0 Å². The number of carbonyl (C=O) groups is 1. The van der Waals surface area contributed by atoms with Gasteiger partial charge in [-0.1, -0.05) is 12.1 Å². The lowest BCUT2D eigenvalue weighted by Gasteiger charge is -2.36. The van der Waals surface area contributed by atoms with Crippen molar-refractivity contribution in [3.05, 3.63) is 41.5 Å². The Morgan fingerprint density at radius 2 is 2.23 bits per heavy atom. The Hall–Kier alpha value is -2.25. The van der Waals surface area contributed by atoms with Crippen molar-refractivity contribution >= 4 is 5.91 Å². The number of halogens is 3. The normalized spacial score (nSPS) is 18.4. The van der Waals surface area contributed by atoms with Crippen molar-refractivity contribution in [2.24, 2.45) is 0 Å². The summed E-state index contributed by atoms with van der Waals surface area (Å²) >= 11 is 0. The van der Waals surface area contributed by atoms with E-state index >= 15 is 0 Å². The molecule has 1 atom stereocenters. The van der Waals surface area contributed by atoms with Gasteiger partial charge in [-0.2, -0.15) is 13.2 Å². The molecule has 1 aliphatic heterocycles. The molecular formula is C14H14F3N3O2. The molecule has 0 radical (unpaired) electrons. The Kier molecular flexibility index (Phi) is 3.46. The third-order valence-electron chi connectivity index (χ3n) is 3.88. The lowest BCUT2D eigenvalue weighted by atomic mass is 10.0. The average molecular weight is 313 g/mol. The van der Waals surface area contributed by atoms with E-state index in [0.29, 0.717) is 19.5 Å². The quantitative estimate of drug-likeness (QED) is 0.856. The smallest absolute Gasteiger partial charge is 0.363 e. The Morgan fingerprint density at radius 1 is 1.45 bits per heavy atom. The number of hydrogen-bond acceptors (Lipinski definition) is 3. The number of carbonyl (C=O) groups excluding carboxylic acids is 1. The Labute approximate surface area is 124 Å². The van der Waals surface area contributed by atoms with Gasteiger partial charge in [-0.05, 0) is 18.6 Å². The highest BCUT2D eigenvalue weighted by atomic mass is 19.4. The summed E-state index contributed by atoms with van der Waals surface area (Å²) in [5.74, 6) is -0.701. The molecule has 1 aliphatic rings. The Balaban J connectivity index is 1.95. The summed E-state index contributed by atoms with van der Waals surface area (Å²) in [6, 6.07) is 3.49. The largest absolute Gasteiger partial charge is 0.437 e. The minimum Gasteiger partial charge on any atom is -0.363 e. The minimum absolute atomic E-state index is 0.257. The van der Waals surface area contributed by atoms with Gasteiger partial charge in [-0.25, -0.2) is 0 Å². The molecule has 0 bridgehead atoms. The molecule has 0 aromatic carbocycles. The van der Waals surface area contributed by atoms with Crippen LogP contribution in [0.15, 0.2) is 29.1 Å². The maximum absolute atomic E-state index is 12.9. The topological polar surface area (TPSA) is 51.3 Å². The summed E-state index contributed by atoms with van der Waals surface area (Å²) in [7, 11) is 0. The molecule has 5 nitrogen and oxygen atoms in total. The number of rotatable bonds is 2. The molecule has 0 spiro atoms. The van der Waals surface area contributed by atoms with Crippen molar-refractivity contribution in [2.75, 3.05) is 6.54 Å². The van der Waals surface area contributed by atoms with Crippen LogP contribution in [0.3, 0.4) is 0 Å². The van der Waals surface area contributed by atoms with E-state index in [4.69, 9.17) is 0 Å². The van der Waals surface area contributed by atoms with Crippen molar-refractivity contribution in [1.29, 1.82) is 0 Å². The fraction of sp³-hybridized carbons (Fsp3) is 0.429. The summed E-state index contributed by atoms with van der Waals surface area (Å²) < 4.78 is 45.0. The number of fused-ring (bicyclic) bond motifs is 1. The lowest BCUT2D eigenvalue weighted by molar-refractivity contribution is -0.143. The number of amides is 1. The number of alkyl halides is 3. The third kappa shape index (κ3) is 2.28. The SMILES string of the molecule is CC[C@H]1c2cccn2CCN1C(=O)c1conc1C(F)(F)F. The first-order chi connectivity index (χ1) is 10.4. The molecule has 3 heterocycles. The van der Waals surface area contributed by atoms with Gasteiger partial charge in [0, 0.05) is 25.0 Å². The second kappa shape index (κ2) is 5.19. The molecular weight excluding hydrogens is 299 g/mol. The van der Waals surface area contributed by atoms with E-state index in [1.165, 1.54) is 4.90 Å². The molecule has 0 saturated heterocycles. The van der Waals surface area contributed by atoms with Crippen LogP contribution >= 0.6 is 0 Å². The van der Waals surface area contributed by atoms with E-state index in [9.17, 15) is 18.0 Å². The molecule has 118 valence electrons. The molecule has 22 heavy (non-hydrogen) atoms. The van der Waals surface area contributed by atoms with Crippen LogP contribution in [0.2, 0.25) is 0 Å². The molecule has 0 fully saturated rings. The van der Waals surface area contributed by atoms with Crippen molar-refractivity contribution in [3.63, 3.8) is 0 Å². The maximum atomic E-state index is 12.9. The maximum Gasteiger partial charge on any atom is 0.437 e. The Bertz CT molecular complexity index is 690. The van der Waals surface area contributed by atoms with Gasteiger partial charge in [0.05, 0.1) is 6.04 Å². The van der Waals surface area contributed by atoms with Gasteiger partial charge in [0.15, 0.2) is 5.69 Å². The van der Waals surface area contributed by atoms with E-state index in [-0.39, 0.29) is 6.04 Å². The molecule has 0 aliphatic carbocycles. The second-order valence-corrected chi connectivity index (χ2v) is 5.12. The molecule has 0 unspecified atom stereocenters. The fourth-order valence-electron chi connectivity index (χ4n) is 2.88. The predicted molar refractivity (Wildman–Crippen MR) is 70.0 cm³/mol. The van der Waals surface area contributed by atoms with E-state index in [0.717, 1.165) is 12.0 Å². The summed E-state index contributed by atoms with van der Waals surface area (Å²) in [4.78, 5) is 14.0. The van der Waals surface area contributed by atoms with E-state index in [1.54, 1.807) is 0 Å². The van der Waals surface area contributed by atoms with Crippen molar-refractivity contribution < 1.29 is 22.5 Å². The average Bonchev–Trinajstić information content (AvgIpc) is 3.12. The van der Waals surface area contributed by atoms with Crippen LogP contribution in [0.5, 0.6) is 0 Å². The van der Waals surface area contributed by atoms with E-state index in [1.807, 2.05) is 29.8 Å². The second-order valence-electron chi connectivity index (χ2n) is 5.12. The van der Waals surface area contributed by atoms with Crippen LogP contribution in [-0.4, -0.2) is 27.1 Å². The minimum atomic E-state index is -4.71. The fourth-order valence-corrected chi connectivity index (χ4v) is 2.88. The molecule has 8 heteroatoms. The van der Waals surface area contributed by atoms with E-state index < -0.39 is 23.3 Å². The van der Waals surface area contributed by atoms with Crippen LogP contribution in [0.4, 0.5) is 13.2 Å². The summed E-state index contributed by atoms with van der Waals surface area (Å²) in [6.45, 7) is 2.80. The number of nitrogens with zero attached hydrogens (tertiary/aromatic N) is 3. The summed E-state index contributed by atoms with van der Waals surface area (Å²) in [5.41, 5.74) is -0.883. The zero-order valence-corrected chi connectivity index (χ0v) is 11.8. The molecule has 2 aromatic heterocycles. The van der Waals surface area contributed by atoms with Gasteiger partial charge in [0.25, 0.3) is 5.91 Å². The van der Waals surface area contributed by atoms with Gasteiger partial charge >= 0.3 is 6.18 Å². The summed E-state index contributed by atoms with van der Waals surface area (Å²) in [6.07, 6.45) is -1.43. The zero-order valence-electron chi connectivity index (χ0n) is 11.8. The van der Waals surface area contributed by atoms with Crippen LogP contribution < -0.4 is 0 Å². The highest BCUT2D eigenvalue weighted by Crippen LogP contribution is 2.34. The van der Waals surface area contributed by atoms with Crippen LogP contribution in [0.25, 0.3) is 0 Å². The van der Waals surface area contributed by atoms with Gasteiger partial charge in [-0.15, -0.1) is 0 Å². The van der Waals surface area contributed by atoms with Crippen LogP contribution in [-0.2, 0) is 12.7 Å². The van der Waals surface area contributed by atoms with Gasteiger partial charge < -0.3 is 14.0 Å². The van der Waals surface area contributed by atoms with Crippen molar-refractivity contribution in [2.45, 2.75) is 32.1 Å². The van der Waals surface area contributed by atoms with Gasteiger partial charge in [0.2, 0.25) is 0 Å². The van der Waals surface area contributed by atoms with Gasteiger partial charge in [0.1, 0.15) is 11.8 Å². The lowest BCUT2D eigenvalue weighted by Crippen LogP contribution is -2.42. The standard InChI is InChI=1S/C14H14F3N3O2/c1-2-10-11-4-3-5-19(11)6-7-20(10)13(21)9-8-22-18-12(9)14(15,16)17/h3-5,8,10H,2,6-7H2,1H3/t10-/m0/s1. The van der Waals surface area contributed by atoms with Crippen molar-refractivity contribution in [1.82, 2.24) is 14.6 Å². The number of hydrogen-bond donors (Lipinski definition) is 0. The first kappa shape index (κ1) is 14.7. The highest BCUT2D eigenvalue weighted by molar-refractivity contribution is 5.95. The highest BCUT2D eigenvalue weighted by Gasteiger charge is 2.42. The van der Waals surface area contributed by atoms with Crippen LogP contribution in [0.1, 0.15) is 41.1 Å². The summed E-state index contributed by atoms with van der Waals surface area (Å²) in [5, 5.41) is 2.94.